The highest BCUT2D eigenvalue weighted by atomic mass is 16.3. The van der Waals surface area contributed by atoms with Crippen LogP contribution in [0.3, 0.4) is 0 Å². The van der Waals surface area contributed by atoms with Gasteiger partial charge in [0.25, 0.3) is 5.91 Å². The van der Waals surface area contributed by atoms with Gasteiger partial charge in [-0.15, -0.1) is 0 Å². The largest absolute Gasteiger partial charge is 0.506 e. The molecule has 2 heterocycles. The molecule has 0 aliphatic carbocycles. The zero-order valence-corrected chi connectivity index (χ0v) is 9.22. The van der Waals surface area contributed by atoms with Gasteiger partial charge in [0.1, 0.15) is 5.75 Å². The van der Waals surface area contributed by atoms with Crippen LogP contribution in [0.1, 0.15) is 16.8 Å². The Hall–Kier alpha value is -2.11. The van der Waals surface area contributed by atoms with Gasteiger partial charge in [-0.2, -0.15) is 0 Å². The Balaban J connectivity index is 2.11. The summed E-state index contributed by atoms with van der Waals surface area (Å²) in [6.45, 7) is 1.32. The van der Waals surface area contributed by atoms with Crippen molar-refractivity contribution in [3.8, 4) is 5.75 Å². The van der Waals surface area contributed by atoms with Gasteiger partial charge in [-0.25, -0.2) is 0 Å². The van der Waals surface area contributed by atoms with Crippen molar-refractivity contribution < 1.29 is 14.7 Å². The predicted molar refractivity (Wildman–Crippen MR) is 59.4 cm³/mol. The summed E-state index contributed by atoms with van der Waals surface area (Å²) in [6, 6.07) is 1.37. The second-order valence-corrected chi connectivity index (χ2v) is 3.82. The lowest BCUT2D eigenvalue weighted by Gasteiger charge is -2.19. The molecule has 0 unspecified atom stereocenters. The predicted octanol–water partition coefficient (Wildman–Crippen LogP) is -0.251. The van der Waals surface area contributed by atoms with E-state index in [1.807, 2.05) is 0 Å². The minimum atomic E-state index is -0.218. The van der Waals surface area contributed by atoms with Crippen LogP contribution in [0.15, 0.2) is 18.5 Å². The Morgan fingerprint density at radius 1 is 1.41 bits per heavy atom. The first-order valence-corrected chi connectivity index (χ1v) is 5.37. The van der Waals surface area contributed by atoms with Crippen LogP contribution < -0.4 is 5.32 Å². The zero-order valence-electron chi connectivity index (χ0n) is 9.22. The molecular weight excluding hydrogens is 222 g/mol. The Morgan fingerprint density at radius 3 is 3.00 bits per heavy atom. The van der Waals surface area contributed by atoms with Gasteiger partial charge >= 0.3 is 0 Å². The molecule has 90 valence electrons. The van der Waals surface area contributed by atoms with Gasteiger partial charge in [-0.1, -0.05) is 0 Å². The Labute approximate surface area is 98.3 Å². The number of carbonyl (C=O) groups is 2. The molecule has 0 saturated carbocycles. The molecule has 1 aromatic rings. The van der Waals surface area contributed by atoms with Crippen molar-refractivity contribution in [2.24, 2.45) is 0 Å². The lowest BCUT2D eigenvalue weighted by Crippen LogP contribution is -2.34. The molecule has 2 rings (SSSR count). The van der Waals surface area contributed by atoms with E-state index in [1.54, 1.807) is 4.90 Å². The van der Waals surface area contributed by atoms with Gasteiger partial charge in [0.05, 0.1) is 11.8 Å². The molecule has 6 heteroatoms. The second-order valence-electron chi connectivity index (χ2n) is 3.82. The van der Waals surface area contributed by atoms with E-state index in [2.05, 4.69) is 10.3 Å². The van der Waals surface area contributed by atoms with E-state index < -0.39 is 0 Å². The van der Waals surface area contributed by atoms with E-state index in [4.69, 9.17) is 0 Å². The first kappa shape index (κ1) is 11.4. The third-order valence-corrected chi connectivity index (χ3v) is 2.57. The fourth-order valence-corrected chi connectivity index (χ4v) is 1.70. The summed E-state index contributed by atoms with van der Waals surface area (Å²) in [5, 5.41) is 12.0. The van der Waals surface area contributed by atoms with Crippen molar-refractivity contribution in [1.82, 2.24) is 15.2 Å². The highest BCUT2D eigenvalue weighted by molar-refractivity contribution is 5.94. The number of nitrogens with one attached hydrogen (secondary N) is 1. The normalized spacial score (nSPS) is 16.2. The molecule has 0 radical (unpaired) electrons. The smallest absolute Gasteiger partial charge is 0.255 e. The first-order valence-electron chi connectivity index (χ1n) is 5.37. The second kappa shape index (κ2) is 4.82. The van der Waals surface area contributed by atoms with Crippen LogP contribution in [-0.4, -0.2) is 46.4 Å². The number of rotatable bonds is 1. The van der Waals surface area contributed by atoms with Gasteiger partial charge in [0.15, 0.2) is 0 Å². The summed E-state index contributed by atoms with van der Waals surface area (Å²) in [5.74, 6) is -0.306. The molecular formula is C11H13N3O3. The topological polar surface area (TPSA) is 82.5 Å². The van der Waals surface area contributed by atoms with Crippen molar-refractivity contribution in [2.75, 3.05) is 19.6 Å². The van der Waals surface area contributed by atoms with Crippen molar-refractivity contribution >= 4 is 11.8 Å². The quantitative estimate of drug-likeness (QED) is 0.703. The van der Waals surface area contributed by atoms with Crippen LogP contribution in [0.5, 0.6) is 5.75 Å². The molecule has 1 aromatic heterocycles. The maximum Gasteiger partial charge on any atom is 0.255 e. The summed E-state index contributed by atoms with van der Waals surface area (Å²) in [7, 11) is 0. The maximum absolute atomic E-state index is 12.0. The third kappa shape index (κ3) is 2.72. The highest BCUT2D eigenvalue weighted by Gasteiger charge is 2.20. The van der Waals surface area contributed by atoms with Crippen LogP contribution in [0.4, 0.5) is 0 Å². The molecule has 1 saturated heterocycles. The minimum absolute atomic E-state index is 0.0418. The summed E-state index contributed by atoms with van der Waals surface area (Å²) < 4.78 is 0. The Morgan fingerprint density at radius 2 is 2.24 bits per heavy atom. The van der Waals surface area contributed by atoms with E-state index in [1.165, 1.54) is 18.5 Å². The highest BCUT2D eigenvalue weighted by Crippen LogP contribution is 2.11. The number of aromatic nitrogens is 1. The van der Waals surface area contributed by atoms with Crippen LogP contribution in [-0.2, 0) is 4.79 Å². The molecule has 0 spiro atoms. The van der Waals surface area contributed by atoms with Gasteiger partial charge in [0.2, 0.25) is 5.91 Å². The molecule has 0 aromatic carbocycles. The van der Waals surface area contributed by atoms with Gasteiger partial charge < -0.3 is 15.3 Å². The lowest BCUT2D eigenvalue weighted by molar-refractivity contribution is -0.120. The molecule has 0 bridgehead atoms. The molecule has 1 fully saturated rings. The third-order valence-electron chi connectivity index (χ3n) is 2.57. The van der Waals surface area contributed by atoms with E-state index in [0.717, 1.165) is 0 Å². The number of hydrogen-bond donors (Lipinski definition) is 2. The van der Waals surface area contributed by atoms with Gasteiger partial charge in [0, 0.05) is 32.3 Å². The number of hydrogen-bond acceptors (Lipinski definition) is 4. The molecule has 1 aliphatic heterocycles. The lowest BCUT2D eigenvalue weighted by atomic mass is 10.2. The van der Waals surface area contributed by atoms with Crippen molar-refractivity contribution in [3.63, 3.8) is 0 Å². The van der Waals surface area contributed by atoms with E-state index in [9.17, 15) is 14.7 Å². The Bertz CT molecular complexity index is 447. The number of amides is 2. The van der Waals surface area contributed by atoms with Crippen LogP contribution in [0.2, 0.25) is 0 Å². The monoisotopic (exact) mass is 235 g/mol. The van der Waals surface area contributed by atoms with E-state index in [0.29, 0.717) is 31.6 Å². The molecule has 2 N–H and O–H groups in total. The summed E-state index contributed by atoms with van der Waals surface area (Å²) in [6.07, 6.45) is 2.98. The number of carbonyl (C=O) groups excluding carboxylic acids is 2. The average Bonchev–Trinajstić information content (AvgIpc) is 2.53. The van der Waals surface area contributed by atoms with Gasteiger partial charge in [-0.05, 0) is 6.07 Å². The molecule has 17 heavy (non-hydrogen) atoms. The molecule has 1 aliphatic rings. The zero-order chi connectivity index (χ0) is 12.3. The molecule has 6 nitrogen and oxygen atoms in total. The van der Waals surface area contributed by atoms with Crippen molar-refractivity contribution in [1.29, 1.82) is 0 Å². The summed E-state index contributed by atoms with van der Waals surface area (Å²) in [5.41, 5.74) is 0.333. The van der Waals surface area contributed by atoms with Crippen molar-refractivity contribution in [2.45, 2.75) is 6.42 Å². The van der Waals surface area contributed by atoms with Crippen LogP contribution >= 0.6 is 0 Å². The average molecular weight is 235 g/mol. The van der Waals surface area contributed by atoms with E-state index in [-0.39, 0.29) is 17.6 Å². The minimum Gasteiger partial charge on any atom is -0.506 e. The summed E-state index contributed by atoms with van der Waals surface area (Å²) >= 11 is 0. The van der Waals surface area contributed by atoms with Crippen molar-refractivity contribution in [3.05, 3.63) is 24.0 Å². The number of pyridine rings is 1. The number of nitrogens with zero attached hydrogens (tertiary/aromatic N) is 2. The molecule has 0 atom stereocenters. The van der Waals surface area contributed by atoms with Crippen LogP contribution in [0.25, 0.3) is 0 Å². The standard InChI is InChI=1S/C11H13N3O3/c15-9-5-8(6-12-7-9)11(17)14-3-1-10(16)13-2-4-14/h5-7,15H,1-4H2,(H,13,16). The Kier molecular flexibility index (Phi) is 3.22. The summed E-state index contributed by atoms with van der Waals surface area (Å²) in [4.78, 5) is 28.5. The SMILES string of the molecule is O=C1CCN(C(=O)c2cncc(O)c2)CCN1. The first-order chi connectivity index (χ1) is 8.16. The maximum atomic E-state index is 12.0. The van der Waals surface area contributed by atoms with Crippen LogP contribution in [0, 0.1) is 0 Å². The fourth-order valence-electron chi connectivity index (χ4n) is 1.70. The number of aromatic hydroxyl groups is 1. The molecule has 2 amide bonds. The van der Waals surface area contributed by atoms with Gasteiger partial charge in [-0.3, -0.25) is 14.6 Å². The van der Waals surface area contributed by atoms with E-state index >= 15 is 0 Å². The fraction of sp³-hybridized carbons (Fsp3) is 0.364.